The molecule has 0 bridgehead atoms. The van der Waals surface area contributed by atoms with Gasteiger partial charge in [0.25, 0.3) is 0 Å². The molecule has 1 heterocycles. The fourth-order valence-electron chi connectivity index (χ4n) is 2.35. The van der Waals surface area contributed by atoms with Crippen LogP contribution in [-0.2, 0) is 12.7 Å². The highest BCUT2D eigenvalue weighted by atomic mass is 127. The molecule has 0 amide bonds. The van der Waals surface area contributed by atoms with Gasteiger partial charge in [0.15, 0.2) is 5.96 Å². The van der Waals surface area contributed by atoms with E-state index in [1.165, 1.54) is 0 Å². The summed E-state index contributed by atoms with van der Waals surface area (Å²) in [6, 6.07) is 6.31. The minimum atomic E-state index is -4.51. The van der Waals surface area contributed by atoms with Gasteiger partial charge in [-0.05, 0) is 18.2 Å². The molecule has 30 heavy (non-hydrogen) atoms. The van der Waals surface area contributed by atoms with E-state index in [9.17, 15) is 13.2 Å². The van der Waals surface area contributed by atoms with Crippen molar-refractivity contribution in [2.45, 2.75) is 12.7 Å². The highest BCUT2D eigenvalue weighted by molar-refractivity contribution is 14.0. The molecule has 0 aliphatic heterocycles. The first-order valence-corrected chi connectivity index (χ1v) is 8.67. The Morgan fingerprint density at radius 1 is 1.10 bits per heavy atom. The number of guanidine groups is 1. The number of aliphatic imine (C=N–C) groups is 1. The maximum Gasteiger partial charge on any atom is 0.433 e. The lowest BCUT2D eigenvalue weighted by Gasteiger charge is -2.15. The van der Waals surface area contributed by atoms with E-state index in [1.807, 2.05) is 12.1 Å². The van der Waals surface area contributed by atoms with Gasteiger partial charge in [0.2, 0.25) is 5.95 Å². The lowest BCUT2D eigenvalue weighted by Crippen LogP contribution is -2.39. The molecule has 1 aromatic carbocycles. The van der Waals surface area contributed by atoms with Crippen LogP contribution in [0.1, 0.15) is 11.3 Å². The highest BCUT2D eigenvalue weighted by Crippen LogP contribution is 2.27. The molecule has 0 spiro atoms. The number of methoxy groups -OCH3 is 2. The largest absolute Gasteiger partial charge is 0.497 e. The van der Waals surface area contributed by atoms with Gasteiger partial charge in [0.1, 0.15) is 17.2 Å². The Hall–Kier alpha value is -2.51. The summed E-state index contributed by atoms with van der Waals surface area (Å²) in [5.74, 6) is 1.80. The topological polar surface area (TPSA) is 92.7 Å². The van der Waals surface area contributed by atoms with Crippen LogP contribution in [0.5, 0.6) is 11.5 Å². The molecule has 12 heteroatoms. The van der Waals surface area contributed by atoms with E-state index in [1.54, 1.807) is 27.3 Å². The van der Waals surface area contributed by atoms with E-state index in [0.717, 1.165) is 17.8 Å². The molecule has 0 saturated carbocycles. The van der Waals surface area contributed by atoms with Crippen molar-refractivity contribution in [3.05, 3.63) is 41.7 Å². The molecule has 0 atom stereocenters. The molecule has 0 aliphatic carbocycles. The van der Waals surface area contributed by atoms with Gasteiger partial charge >= 0.3 is 6.18 Å². The van der Waals surface area contributed by atoms with Gasteiger partial charge < -0.3 is 25.4 Å². The number of hydrogen-bond donors (Lipinski definition) is 3. The minimum absolute atomic E-state index is 0. The number of alkyl halides is 3. The zero-order valence-corrected chi connectivity index (χ0v) is 19.0. The Balaban J connectivity index is 0.00000450. The molecule has 2 rings (SSSR count). The van der Waals surface area contributed by atoms with Crippen LogP contribution in [0, 0.1) is 0 Å². The standard InChI is InChI=1S/C18H23F3N6O2.HI/c1-22-16(26-11-12-4-5-13(28-2)10-14(12)29-3)24-8-9-25-17-23-7-6-15(27-17)18(19,20)21;/h4-7,10H,8-9,11H2,1-3H3,(H2,22,24,26)(H,23,25,27);1H. The van der Waals surface area contributed by atoms with Gasteiger partial charge in [-0.15, -0.1) is 24.0 Å². The number of aromatic nitrogens is 2. The number of halogens is 4. The van der Waals surface area contributed by atoms with E-state index < -0.39 is 11.9 Å². The normalized spacial score (nSPS) is 11.3. The maximum atomic E-state index is 12.7. The fraction of sp³-hybridized carbons (Fsp3) is 0.389. The van der Waals surface area contributed by atoms with Crippen LogP contribution < -0.4 is 25.4 Å². The maximum absolute atomic E-state index is 12.7. The molecule has 1 aromatic heterocycles. The number of nitrogens with zero attached hydrogens (tertiary/aromatic N) is 3. The third-order valence-electron chi connectivity index (χ3n) is 3.81. The molecule has 0 saturated heterocycles. The van der Waals surface area contributed by atoms with Crippen molar-refractivity contribution in [1.29, 1.82) is 0 Å². The number of rotatable bonds is 8. The summed E-state index contributed by atoms with van der Waals surface area (Å²) in [7, 11) is 4.77. The first-order valence-electron chi connectivity index (χ1n) is 8.67. The van der Waals surface area contributed by atoms with Gasteiger partial charge in [-0.25, -0.2) is 9.97 Å². The zero-order chi connectivity index (χ0) is 21.3. The van der Waals surface area contributed by atoms with Crippen molar-refractivity contribution in [2.24, 2.45) is 4.99 Å². The summed E-state index contributed by atoms with van der Waals surface area (Å²) in [4.78, 5) is 11.3. The van der Waals surface area contributed by atoms with Crippen molar-refractivity contribution in [3.63, 3.8) is 0 Å². The molecule has 0 radical (unpaired) electrons. The predicted octanol–water partition coefficient (Wildman–Crippen LogP) is 2.91. The average Bonchev–Trinajstić information content (AvgIpc) is 2.72. The van der Waals surface area contributed by atoms with E-state index >= 15 is 0 Å². The number of hydrogen-bond acceptors (Lipinski definition) is 6. The van der Waals surface area contributed by atoms with Gasteiger partial charge in [0, 0.05) is 44.5 Å². The zero-order valence-electron chi connectivity index (χ0n) is 16.7. The summed E-state index contributed by atoms with van der Waals surface area (Å²) in [6.07, 6.45) is -3.44. The number of anilines is 1. The van der Waals surface area contributed by atoms with Crippen molar-refractivity contribution < 1.29 is 22.6 Å². The molecular formula is C18H24F3IN6O2. The number of nitrogens with one attached hydrogen (secondary N) is 3. The minimum Gasteiger partial charge on any atom is -0.497 e. The third kappa shape index (κ3) is 7.72. The molecule has 0 unspecified atom stereocenters. The van der Waals surface area contributed by atoms with Gasteiger partial charge in [-0.3, -0.25) is 4.99 Å². The quantitative estimate of drug-likeness (QED) is 0.205. The van der Waals surface area contributed by atoms with Crippen molar-refractivity contribution in [2.75, 3.05) is 39.7 Å². The summed E-state index contributed by atoms with van der Waals surface area (Å²) < 4.78 is 48.5. The summed E-state index contributed by atoms with van der Waals surface area (Å²) >= 11 is 0. The molecule has 8 nitrogen and oxygen atoms in total. The SMILES string of the molecule is CN=C(NCCNc1nccc(C(F)(F)F)n1)NCc1ccc(OC)cc1OC.I. The second kappa shape index (κ2) is 12.2. The molecule has 2 aromatic rings. The van der Waals surface area contributed by atoms with Gasteiger partial charge in [-0.2, -0.15) is 13.2 Å². The Bertz CT molecular complexity index is 836. The Morgan fingerprint density at radius 2 is 1.87 bits per heavy atom. The first kappa shape index (κ1) is 25.5. The fourth-order valence-corrected chi connectivity index (χ4v) is 2.35. The first-order chi connectivity index (χ1) is 13.9. The molecule has 0 fully saturated rings. The molecular weight excluding hydrogens is 516 g/mol. The molecule has 0 aliphatic rings. The highest BCUT2D eigenvalue weighted by Gasteiger charge is 2.32. The van der Waals surface area contributed by atoms with Crippen LogP contribution in [0.4, 0.5) is 19.1 Å². The van der Waals surface area contributed by atoms with Gasteiger partial charge in [-0.1, -0.05) is 0 Å². The van der Waals surface area contributed by atoms with Crippen molar-refractivity contribution >= 4 is 35.9 Å². The number of benzene rings is 1. The summed E-state index contributed by atoms with van der Waals surface area (Å²) in [6.45, 7) is 1.14. The van der Waals surface area contributed by atoms with Gasteiger partial charge in [0.05, 0.1) is 14.2 Å². The third-order valence-corrected chi connectivity index (χ3v) is 3.81. The lowest BCUT2D eigenvalue weighted by molar-refractivity contribution is -0.141. The smallest absolute Gasteiger partial charge is 0.433 e. The monoisotopic (exact) mass is 540 g/mol. The van der Waals surface area contributed by atoms with Crippen molar-refractivity contribution in [3.8, 4) is 11.5 Å². The van der Waals surface area contributed by atoms with Crippen molar-refractivity contribution in [1.82, 2.24) is 20.6 Å². The van der Waals surface area contributed by atoms with Crippen LogP contribution in [0.15, 0.2) is 35.5 Å². The molecule has 3 N–H and O–H groups in total. The average molecular weight is 540 g/mol. The second-order valence-corrected chi connectivity index (χ2v) is 5.72. The van der Waals surface area contributed by atoms with Crippen LogP contribution >= 0.6 is 24.0 Å². The van der Waals surface area contributed by atoms with Crippen LogP contribution in [-0.4, -0.2) is 50.3 Å². The predicted molar refractivity (Wildman–Crippen MR) is 119 cm³/mol. The van der Waals surface area contributed by atoms with E-state index in [4.69, 9.17) is 9.47 Å². The van der Waals surface area contributed by atoms with E-state index in [2.05, 4.69) is 30.9 Å². The van der Waals surface area contributed by atoms with E-state index in [-0.39, 0.29) is 29.9 Å². The van der Waals surface area contributed by atoms with E-state index in [0.29, 0.717) is 37.1 Å². The Labute approximate surface area is 189 Å². The van der Waals surface area contributed by atoms with Crippen LogP contribution in [0.2, 0.25) is 0 Å². The summed E-state index contributed by atoms with van der Waals surface area (Å²) in [5.41, 5.74) is -0.0828. The second-order valence-electron chi connectivity index (χ2n) is 5.72. The Kier molecular flexibility index (Phi) is 10.4. The van der Waals surface area contributed by atoms with Crippen LogP contribution in [0.3, 0.4) is 0 Å². The lowest BCUT2D eigenvalue weighted by atomic mass is 10.2. The molecule has 166 valence electrons. The Morgan fingerprint density at radius 3 is 2.50 bits per heavy atom. The summed E-state index contributed by atoms with van der Waals surface area (Å²) in [5, 5.41) is 8.92. The van der Waals surface area contributed by atoms with Crippen LogP contribution in [0.25, 0.3) is 0 Å². The number of ether oxygens (including phenoxy) is 2.